The molecule has 2 unspecified atom stereocenters. The van der Waals surface area contributed by atoms with Crippen LogP contribution in [0.1, 0.15) is 23.4 Å². The van der Waals surface area contributed by atoms with Gasteiger partial charge >= 0.3 is 0 Å². The van der Waals surface area contributed by atoms with Crippen molar-refractivity contribution in [2.45, 2.75) is 18.7 Å². The summed E-state index contributed by atoms with van der Waals surface area (Å²) in [4.78, 5) is 0. The lowest BCUT2D eigenvalue weighted by Gasteiger charge is -2.07. The van der Waals surface area contributed by atoms with Crippen LogP contribution >= 0.6 is 11.6 Å². The van der Waals surface area contributed by atoms with Gasteiger partial charge in [0.1, 0.15) is 5.75 Å². The molecule has 0 heterocycles. The van der Waals surface area contributed by atoms with Crippen molar-refractivity contribution in [2.24, 2.45) is 5.92 Å². The average Bonchev–Trinajstić information content (AvgIpc) is 2.43. The van der Waals surface area contributed by atoms with Gasteiger partial charge < -0.3 is 4.74 Å². The molecule has 0 N–H and O–H groups in total. The number of alkyl halides is 1. The van der Waals surface area contributed by atoms with Gasteiger partial charge in [-0.25, -0.2) is 0 Å². The lowest BCUT2D eigenvalue weighted by atomic mass is 10.1. The van der Waals surface area contributed by atoms with Crippen molar-refractivity contribution in [3.63, 3.8) is 0 Å². The normalized spacial score (nSPS) is 25.8. The van der Waals surface area contributed by atoms with Gasteiger partial charge in [-0.1, -0.05) is 13.0 Å². The smallest absolute Gasteiger partial charge is 0.119 e. The summed E-state index contributed by atoms with van der Waals surface area (Å²) in [7, 11) is 1.68. The Morgan fingerprint density at radius 1 is 1.46 bits per heavy atom. The van der Waals surface area contributed by atoms with Gasteiger partial charge in [0.05, 0.1) is 12.5 Å². The molecule has 0 spiro atoms. The highest BCUT2D eigenvalue weighted by molar-refractivity contribution is 6.21. The van der Waals surface area contributed by atoms with E-state index >= 15 is 0 Å². The monoisotopic (exact) mass is 196 g/mol. The third kappa shape index (κ3) is 1.42. The molecule has 0 radical (unpaired) electrons. The molecule has 1 aliphatic carbocycles. The Morgan fingerprint density at radius 3 is 2.92 bits per heavy atom. The molecule has 0 aromatic heterocycles. The van der Waals surface area contributed by atoms with Crippen molar-refractivity contribution in [1.82, 2.24) is 0 Å². The second kappa shape index (κ2) is 3.22. The molecule has 0 saturated carbocycles. The minimum Gasteiger partial charge on any atom is -0.497 e. The predicted molar refractivity (Wildman–Crippen MR) is 54.5 cm³/mol. The topological polar surface area (TPSA) is 9.23 Å². The van der Waals surface area contributed by atoms with E-state index in [0.29, 0.717) is 5.92 Å². The standard InChI is InChI=1S/C11H13ClO/c1-7-5-8-3-4-9(13-2)6-10(8)11(7)12/h3-4,6-7,11H,5H2,1-2H3. The molecule has 0 saturated heterocycles. The number of hydrogen-bond donors (Lipinski definition) is 0. The minimum atomic E-state index is 0.157. The Kier molecular flexibility index (Phi) is 2.20. The molecular weight excluding hydrogens is 184 g/mol. The number of rotatable bonds is 1. The zero-order valence-corrected chi connectivity index (χ0v) is 8.64. The van der Waals surface area contributed by atoms with Crippen LogP contribution in [0, 0.1) is 5.92 Å². The Bertz CT molecular complexity index is 322. The molecule has 1 aromatic carbocycles. The first-order chi connectivity index (χ1) is 6.22. The number of hydrogen-bond acceptors (Lipinski definition) is 1. The first-order valence-corrected chi connectivity index (χ1v) is 4.97. The summed E-state index contributed by atoms with van der Waals surface area (Å²) in [5.41, 5.74) is 2.61. The van der Waals surface area contributed by atoms with E-state index in [1.54, 1.807) is 7.11 Å². The van der Waals surface area contributed by atoms with Gasteiger partial charge in [-0.15, -0.1) is 11.6 Å². The van der Waals surface area contributed by atoms with E-state index < -0.39 is 0 Å². The van der Waals surface area contributed by atoms with Crippen LogP contribution in [0.4, 0.5) is 0 Å². The maximum atomic E-state index is 6.27. The van der Waals surface area contributed by atoms with E-state index in [-0.39, 0.29) is 5.38 Å². The molecule has 0 fully saturated rings. The second-order valence-electron chi connectivity index (χ2n) is 3.65. The van der Waals surface area contributed by atoms with Crippen LogP contribution in [-0.4, -0.2) is 7.11 Å². The van der Waals surface area contributed by atoms with Crippen LogP contribution in [0.2, 0.25) is 0 Å². The third-order valence-electron chi connectivity index (χ3n) is 2.69. The molecule has 1 aromatic rings. The third-order valence-corrected chi connectivity index (χ3v) is 3.36. The summed E-state index contributed by atoms with van der Waals surface area (Å²) in [6, 6.07) is 6.17. The highest BCUT2D eigenvalue weighted by atomic mass is 35.5. The first-order valence-electron chi connectivity index (χ1n) is 4.53. The van der Waals surface area contributed by atoms with Gasteiger partial charge in [0.25, 0.3) is 0 Å². The van der Waals surface area contributed by atoms with Crippen LogP contribution in [0.5, 0.6) is 5.75 Å². The SMILES string of the molecule is COc1ccc2c(c1)C(Cl)C(C)C2. The van der Waals surface area contributed by atoms with E-state index in [9.17, 15) is 0 Å². The van der Waals surface area contributed by atoms with E-state index in [0.717, 1.165) is 12.2 Å². The molecule has 0 bridgehead atoms. The Balaban J connectivity index is 2.42. The Hall–Kier alpha value is -0.690. The van der Waals surface area contributed by atoms with Crippen LogP contribution in [0.3, 0.4) is 0 Å². The number of fused-ring (bicyclic) bond motifs is 1. The summed E-state index contributed by atoms with van der Waals surface area (Å²) >= 11 is 6.27. The van der Waals surface area contributed by atoms with Crippen LogP contribution in [0.15, 0.2) is 18.2 Å². The van der Waals surface area contributed by atoms with Crippen molar-refractivity contribution < 1.29 is 4.74 Å². The van der Waals surface area contributed by atoms with Gasteiger partial charge in [-0.2, -0.15) is 0 Å². The van der Waals surface area contributed by atoms with Crippen LogP contribution in [-0.2, 0) is 6.42 Å². The number of benzene rings is 1. The molecule has 0 aliphatic heterocycles. The van der Waals surface area contributed by atoms with E-state index in [1.165, 1.54) is 11.1 Å². The van der Waals surface area contributed by atoms with Gasteiger partial charge in [-0.05, 0) is 35.6 Å². The number of ether oxygens (including phenoxy) is 1. The Labute approximate surface area is 83.7 Å². The molecule has 1 aliphatic rings. The molecule has 2 atom stereocenters. The molecular formula is C11H13ClO. The first kappa shape index (κ1) is 8.89. The number of halogens is 1. The second-order valence-corrected chi connectivity index (χ2v) is 4.12. The summed E-state index contributed by atoms with van der Waals surface area (Å²) in [5.74, 6) is 1.45. The molecule has 0 amide bonds. The summed E-state index contributed by atoms with van der Waals surface area (Å²) in [6.07, 6.45) is 1.09. The molecule has 2 rings (SSSR count). The quantitative estimate of drug-likeness (QED) is 0.627. The van der Waals surface area contributed by atoms with Crippen LogP contribution < -0.4 is 4.74 Å². The zero-order chi connectivity index (χ0) is 9.42. The van der Waals surface area contributed by atoms with Gasteiger partial charge in [-0.3, -0.25) is 0 Å². The fourth-order valence-electron chi connectivity index (χ4n) is 1.90. The Morgan fingerprint density at radius 2 is 2.23 bits per heavy atom. The van der Waals surface area contributed by atoms with Crippen molar-refractivity contribution in [3.05, 3.63) is 29.3 Å². The average molecular weight is 197 g/mol. The van der Waals surface area contributed by atoms with E-state index in [1.807, 2.05) is 6.07 Å². The number of methoxy groups -OCH3 is 1. The highest BCUT2D eigenvalue weighted by Crippen LogP contribution is 2.41. The lowest BCUT2D eigenvalue weighted by molar-refractivity contribution is 0.414. The fraction of sp³-hybridized carbons (Fsp3) is 0.455. The maximum Gasteiger partial charge on any atom is 0.119 e. The molecule has 1 nitrogen and oxygen atoms in total. The maximum absolute atomic E-state index is 6.27. The lowest BCUT2D eigenvalue weighted by Crippen LogP contribution is -1.94. The zero-order valence-electron chi connectivity index (χ0n) is 7.88. The van der Waals surface area contributed by atoms with E-state index in [2.05, 4.69) is 19.1 Å². The molecule has 2 heteroatoms. The van der Waals surface area contributed by atoms with Crippen molar-refractivity contribution in [1.29, 1.82) is 0 Å². The van der Waals surface area contributed by atoms with Crippen molar-refractivity contribution in [2.75, 3.05) is 7.11 Å². The van der Waals surface area contributed by atoms with E-state index in [4.69, 9.17) is 16.3 Å². The van der Waals surface area contributed by atoms with Gasteiger partial charge in [0.15, 0.2) is 0 Å². The summed E-state index contributed by atoms with van der Waals surface area (Å²) in [5, 5.41) is 0.157. The minimum absolute atomic E-state index is 0.157. The van der Waals surface area contributed by atoms with Gasteiger partial charge in [0, 0.05) is 0 Å². The fourth-order valence-corrected chi connectivity index (χ4v) is 2.19. The van der Waals surface area contributed by atoms with Crippen molar-refractivity contribution >= 4 is 11.6 Å². The molecule has 13 heavy (non-hydrogen) atoms. The van der Waals surface area contributed by atoms with Crippen LogP contribution in [0.25, 0.3) is 0 Å². The summed E-state index contributed by atoms with van der Waals surface area (Å²) in [6.45, 7) is 2.18. The van der Waals surface area contributed by atoms with Gasteiger partial charge in [0.2, 0.25) is 0 Å². The highest BCUT2D eigenvalue weighted by Gasteiger charge is 2.27. The molecule has 70 valence electrons. The summed E-state index contributed by atoms with van der Waals surface area (Å²) < 4.78 is 5.16. The largest absolute Gasteiger partial charge is 0.497 e. The predicted octanol–water partition coefficient (Wildman–Crippen LogP) is 3.17. The van der Waals surface area contributed by atoms with Crippen molar-refractivity contribution in [3.8, 4) is 5.75 Å².